The van der Waals surface area contributed by atoms with Crippen LogP contribution in [0.3, 0.4) is 0 Å². The van der Waals surface area contributed by atoms with Gasteiger partial charge in [0, 0.05) is 43.3 Å². The number of rotatable bonds is 6. The lowest BCUT2D eigenvalue weighted by Crippen LogP contribution is -2.46. The summed E-state index contributed by atoms with van der Waals surface area (Å²) in [6, 6.07) is 18.2. The highest BCUT2D eigenvalue weighted by Crippen LogP contribution is 2.23. The molecule has 1 saturated heterocycles. The van der Waals surface area contributed by atoms with Crippen LogP contribution in [0, 0.1) is 22.7 Å². The van der Waals surface area contributed by atoms with Crippen LogP contribution < -0.4 is 4.90 Å². The molecule has 6 heteroatoms. The molecule has 1 aliphatic rings. The van der Waals surface area contributed by atoms with Gasteiger partial charge in [-0.15, -0.1) is 12.4 Å². The number of fused-ring (bicyclic) bond motifs is 1. The zero-order chi connectivity index (χ0) is 20.1. The molecule has 0 amide bonds. The summed E-state index contributed by atoms with van der Waals surface area (Å²) in [7, 11) is 0. The minimum atomic E-state index is 0. The fourth-order valence-electron chi connectivity index (χ4n) is 4.16. The lowest BCUT2D eigenvalue weighted by atomic mass is 10.0. The number of nitrogens with one attached hydrogen (secondary N) is 1. The number of aromatic nitrogens is 1. The van der Waals surface area contributed by atoms with E-state index in [1.165, 1.54) is 17.4 Å². The molecule has 1 N–H and O–H groups in total. The first-order chi connectivity index (χ1) is 14.3. The van der Waals surface area contributed by atoms with Crippen molar-refractivity contribution in [1.82, 2.24) is 9.88 Å². The summed E-state index contributed by atoms with van der Waals surface area (Å²) >= 11 is 0. The number of para-hydroxylation sites is 1. The molecule has 0 radical (unpaired) electrons. The van der Waals surface area contributed by atoms with Gasteiger partial charge in [0.25, 0.3) is 0 Å². The van der Waals surface area contributed by atoms with Crippen molar-refractivity contribution < 1.29 is 0 Å². The SMILES string of the molecule is Cl.N#Cc1ccc2[nH]cc(CCCCN3CCN(c4ccccc4C#N)CC3)c2c1. The van der Waals surface area contributed by atoms with Gasteiger partial charge in [-0.1, -0.05) is 12.1 Å². The number of hydrogen-bond donors (Lipinski definition) is 1. The molecule has 3 aromatic rings. The van der Waals surface area contributed by atoms with Crippen LogP contribution in [-0.4, -0.2) is 42.6 Å². The summed E-state index contributed by atoms with van der Waals surface area (Å²) in [5, 5.41) is 19.6. The number of benzene rings is 2. The molecule has 1 fully saturated rings. The van der Waals surface area contributed by atoms with E-state index in [4.69, 9.17) is 5.26 Å². The van der Waals surface area contributed by atoms with Gasteiger partial charge in [0.1, 0.15) is 6.07 Å². The van der Waals surface area contributed by atoms with Crippen LogP contribution in [0.25, 0.3) is 10.9 Å². The van der Waals surface area contributed by atoms with E-state index in [1.54, 1.807) is 0 Å². The van der Waals surface area contributed by atoms with E-state index in [0.717, 1.165) is 62.3 Å². The average molecular weight is 420 g/mol. The number of piperazine rings is 1. The molecule has 0 atom stereocenters. The number of aryl methyl sites for hydroxylation is 1. The molecule has 2 heterocycles. The number of nitriles is 2. The van der Waals surface area contributed by atoms with Gasteiger partial charge in [-0.3, -0.25) is 4.90 Å². The van der Waals surface area contributed by atoms with Crippen molar-refractivity contribution >= 4 is 29.0 Å². The highest BCUT2D eigenvalue weighted by molar-refractivity contribution is 5.85. The Hall–Kier alpha value is -2.99. The molecule has 0 bridgehead atoms. The maximum atomic E-state index is 9.31. The molecular formula is C24H26ClN5. The normalized spacial score (nSPS) is 14.1. The van der Waals surface area contributed by atoms with Crippen LogP contribution in [0.4, 0.5) is 5.69 Å². The minimum Gasteiger partial charge on any atom is -0.368 e. The van der Waals surface area contributed by atoms with E-state index in [0.29, 0.717) is 5.56 Å². The number of nitrogens with zero attached hydrogens (tertiary/aromatic N) is 4. The molecular weight excluding hydrogens is 394 g/mol. The maximum absolute atomic E-state index is 9.31. The van der Waals surface area contributed by atoms with Gasteiger partial charge in [-0.2, -0.15) is 10.5 Å². The quantitative estimate of drug-likeness (QED) is 0.598. The molecule has 0 spiro atoms. The fourth-order valence-corrected chi connectivity index (χ4v) is 4.16. The molecule has 4 rings (SSSR count). The first-order valence-corrected chi connectivity index (χ1v) is 10.2. The first kappa shape index (κ1) is 21.7. The second-order valence-corrected chi connectivity index (χ2v) is 7.60. The minimum absolute atomic E-state index is 0. The van der Waals surface area contributed by atoms with Crippen LogP contribution in [0.5, 0.6) is 0 Å². The van der Waals surface area contributed by atoms with Crippen LogP contribution in [-0.2, 0) is 6.42 Å². The molecule has 0 saturated carbocycles. The summed E-state index contributed by atoms with van der Waals surface area (Å²) < 4.78 is 0. The molecule has 1 aliphatic heterocycles. The van der Waals surface area contributed by atoms with E-state index in [9.17, 15) is 5.26 Å². The lowest BCUT2D eigenvalue weighted by Gasteiger charge is -2.36. The number of anilines is 1. The van der Waals surface area contributed by atoms with Gasteiger partial charge in [0.15, 0.2) is 0 Å². The zero-order valence-electron chi connectivity index (χ0n) is 17.0. The van der Waals surface area contributed by atoms with Gasteiger partial charge in [-0.25, -0.2) is 0 Å². The largest absolute Gasteiger partial charge is 0.368 e. The van der Waals surface area contributed by atoms with Crippen molar-refractivity contribution in [2.24, 2.45) is 0 Å². The van der Waals surface area contributed by atoms with E-state index in [2.05, 4.69) is 33.1 Å². The molecule has 154 valence electrons. The standard InChI is InChI=1S/C24H25N5.ClH/c25-16-19-8-9-23-22(15-19)21(18-27-23)6-3-4-10-28-11-13-29(14-12-28)24-7-2-1-5-20(24)17-26;/h1-2,5,7-9,15,18,27H,3-4,6,10-14H2;1H. The van der Waals surface area contributed by atoms with E-state index in [-0.39, 0.29) is 12.4 Å². The predicted octanol–water partition coefficient (Wildman–Crippen LogP) is 4.48. The predicted molar refractivity (Wildman–Crippen MR) is 123 cm³/mol. The van der Waals surface area contributed by atoms with E-state index < -0.39 is 0 Å². The highest BCUT2D eigenvalue weighted by Gasteiger charge is 2.18. The van der Waals surface area contributed by atoms with Crippen LogP contribution >= 0.6 is 12.4 Å². The third-order valence-corrected chi connectivity index (χ3v) is 5.80. The Balaban J connectivity index is 0.00000256. The Morgan fingerprint density at radius 2 is 1.73 bits per heavy atom. The van der Waals surface area contributed by atoms with E-state index >= 15 is 0 Å². The summed E-state index contributed by atoms with van der Waals surface area (Å²) in [5.41, 5.74) is 4.95. The smallest absolute Gasteiger partial charge is 0.101 e. The number of aromatic amines is 1. The van der Waals surface area contributed by atoms with Crippen LogP contribution in [0.15, 0.2) is 48.7 Å². The second-order valence-electron chi connectivity index (χ2n) is 7.60. The number of hydrogen-bond acceptors (Lipinski definition) is 4. The molecule has 2 aromatic carbocycles. The van der Waals surface area contributed by atoms with Gasteiger partial charge >= 0.3 is 0 Å². The monoisotopic (exact) mass is 419 g/mol. The first-order valence-electron chi connectivity index (χ1n) is 10.2. The molecule has 5 nitrogen and oxygen atoms in total. The van der Waals surface area contributed by atoms with Crippen LogP contribution in [0.1, 0.15) is 29.5 Å². The third kappa shape index (κ3) is 4.76. The van der Waals surface area contributed by atoms with Gasteiger partial charge in [-0.05, 0) is 61.7 Å². The maximum Gasteiger partial charge on any atom is 0.101 e. The molecule has 30 heavy (non-hydrogen) atoms. The van der Waals surface area contributed by atoms with Crippen LogP contribution in [0.2, 0.25) is 0 Å². The number of unbranched alkanes of at least 4 members (excludes halogenated alkanes) is 1. The van der Waals surface area contributed by atoms with Crippen molar-refractivity contribution in [2.45, 2.75) is 19.3 Å². The summed E-state index contributed by atoms with van der Waals surface area (Å²) in [4.78, 5) is 8.16. The van der Waals surface area contributed by atoms with Gasteiger partial charge in [0.05, 0.1) is 22.9 Å². The van der Waals surface area contributed by atoms with Gasteiger partial charge in [0.2, 0.25) is 0 Å². The second kappa shape index (κ2) is 10.2. The topological polar surface area (TPSA) is 69.8 Å². The highest BCUT2D eigenvalue weighted by atomic mass is 35.5. The molecule has 1 aromatic heterocycles. The molecule has 0 unspecified atom stereocenters. The van der Waals surface area contributed by atoms with Crippen molar-refractivity contribution in [3.63, 3.8) is 0 Å². The Morgan fingerprint density at radius 1 is 0.933 bits per heavy atom. The summed E-state index contributed by atoms with van der Waals surface area (Å²) in [5.74, 6) is 0. The summed E-state index contributed by atoms with van der Waals surface area (Å²) in [6.45, 7) is 5.13. The third-order valence-electron chi connectivity index (χ3n) is 5.80. The summed E-state index contributed by atoms with van der Waals surface area (Å²) in [6.07, 6.45) is 5.42. The molecule has 0 aliphatic carbocycles. The Kier molecular flexibility index (Phi) is 7.36. The number of halogens is 1. The van der Waals surface area contributed by atoms with Crippen molar-refractivity contribution in [1.29, 1.82) is 10.5 Å². The Morgan fingerprint density at radius 3 is 2.50 bits per heavy atom. The lowest BCUT2D eigenvalue weighted by molar-refractivity contribution is 0.253. The Bertz CT molecular complexity index is 1070. The number of H-pyrrole nitrogens is 1. The fraction of sp³-hybridized carbons (Fsp3) is 0.333. The van der Waals surface area contributed by atoms with Crippen molar-refractivity contribution in [3.8, 4) is 12.1 Å². The van der Waals surface area contributed by atoms with Gasteiger partial charge < -0.3 is 9.88 Å². The van der Waals surface area contributed by atoms with Crippen molar-refractivity contribution in [2.75, 3.05) is 37.6 Å². The zero-order valence-corrected chi connectivity index (χ0v) is 17.8. The van der Waals surface area contributed by atoms with Crippen molar-refractivity contribution in [3.05, 3.63) is 65.4 Å². The van der Waals surface area contributed by atoms with E-state index in [1.807, 2.05) is 42.5 Å². The average Bonchev–Trinajstić information content (AvgIpc) is 3.19. The Labute approximate surface area is 183 Å².